The van der Waals surface area contributed by atoms with Crippen LogP contribution >= 0.6 is 0 Å². The lowest BCUT2D eigenvalue weighted by Gasteiger charge is -2.19. The van der Waals surface area contributed by atoms with Crippen molar-refractivity contribution in [3.63, 3.8) is 0 Å². The number of hydrazone groups is 1. The first-order valence-electron chi connectivity index (χ1n) is 11.1. The molecular formula is C26H30N4O4S. The molecule has 35 heavy (non-hydrogen) atoms. The number of rotatable bonds is 7. The fraction of sp³-hybridized carbons (Fsp3) is 0.269. The van der Waals surface area contributed by atoms with Crippen molar-refractivity contribution in [1.29, 1.82) is 0 Å². The Labute approximate surface area is 206 Å². The van der Waals surface area contributed by atoms with Gasteiger partial charge in [0.15, 0.2) is 0 Å². The fourth-order valence-electron chi connectivity index (χ4n) is 3.49. The van der Waals surface area contributed by atoms with Gasteiger partial charge in [-0.1, -0.05) is 62.7 Å². The van der Waals surface area contributed by atoms with Crippen molar-refractivity contribution in [2.24, 2.45) is 5.10 Å². The van der Waals surface area contributed by atoms with Gasteiger partial charge in [-0.3, -0.25) is 20.3 Å². The third-order valence-electron chi connectivity index (χ3n) is 5.60. The molecule has 0 heterocycles. The van der Waals surface area contributed by atoms with Gasteiger partial charge in [-0.2, -0.15) is 5.10 Å². The van der Waals surface area contributed by atoms with Crippen molar-refractivity contribution in [3.8, 4) is 0 Å². The monoisotopic (exact) mass is 494 g/mol. The molecule has 0 atom stereocenters. The smallest absolute Gasteiger partial charge is 0.270 e. The van der Waals surface area contributed by atoms with Crippen LogP contribution in [0.4, 0.5) is 17.1 Å². The molecular weight excluding hydrogens is 464 g/mol. The minimum atomic E-state index is -4.16. The highest BCUT2D eigenvalue weighted by Crippen LogP contribution is 2.29. The fourth-order valence-corrected chi connectivity index (χ4v) is 4.79. The maximum absolute atomic E-state index is 13.3. The molecule has 0 spiro atoms. The Balaban J connectivity index is 1.96. The molecule has 3 aromatic rings. The molecule has 8 nitrogen and oxygen atoms in total. The Hall–Kier alpha value is -3.72. The summed E-state index contributed by atoms with van der Waals surface area (Å²) in [5.41, 5.74) is 7.40. The number of sulfonamides is 1. The van der Waals surface area contributed by atoms with Crippen LogP contribution in [0.25, 0.3) is 0 Å². The Bertz CT molecular complexity index is 1390. The average Bonchev–Trinajstić information content (AvgIpc) is 2.78. The zero-order chi connectivity index (χ0) is 26.0. The summed E-state index contributed by atoms with van der Waals surface area (Å²) in [6.45, 7) is 11.9. The molecule has 9 heteroatoms. The van der Waals surface area contributed by atoms with E-state index in [0.29, 0.717) is 11.4 Å². The molecule has 184 valence electrons. The summed E-state index contributed by atoms with van der Waals surface area (Å²) in [6.07, 6.45) is 0. The van der Waals surface area contributed by atoms with Crippen LogP contribution in [0, 0.1) is 24.0 Å². The third kappa shape index (κ3) is 6.24. The van der Waals surface area contributed by atoms with Gasteiger partial charge in [0.1, 0.15) is 4.90 Å². The lowest BCUT2D eigenvalue weighted by atomic mass is 9.86. The van der Waals surface area contributed by atoms with E-state index in [-0.39, 0.29) is 21.7 Å². The standard InChI is InChI=1S/C26H30N4O4S/c1-17-7-13-23(18(2)15-17)29-35(33,34)25-16-22(30(31)32)12-14-24(25)28-27-19(3)20-8-10-21(11-9-20)26(4,5)6/h7-16,28-29H,1-6H3. The van der Waals surface area contributed by atoms with E-state index < -0.39 is 14.9 Å². The number of benzene rings is 3. The van der Waals surface area contributed by atoms with Crippen LogP contribution in [0.15, 0.2) is 70.7 Å². The van der Waals surface area contributed by atoms with Gasteiger partial charge in [-0.15, -0.1) is 0 Å². The summed E-state index contributed by atoms with van der Waals surface area (Å²) < 4.78 is 29.1. The number of aryl methyl sites for hydroxylation is 2. The van der Waals surface area contributed by atoms with Gasteiger partial charge in [0.05, 0.1) is 22.0 Å². The molecule has 0 saturated heterocycles. The van der Waals surface area contributed by atoms with Gasteiger partial charge < -0.3 is 0 Å². The number of nitro benzene ring substituents is 1. The molecule has 0 saturated carbocycles. The molecule has 0 aromatic heterocycles. The van der Waals surface area contributed by atoms with E-state index >= 15 is 0 Å². The normalized spacial score (nSPS) is 12.3. The van der Waals surface area contributed by atoms with Crippen molar-refractivity contribution >= 4 is 32.8 Å². The highest BCUT2D eigenvalue weighted by molar-refractivity contribution is 7.92. The SMILES string of the molecule is CC(=NNc1ccc([N+](=O)[O-])cc1S(=O)(=O)Nc1ccc(C)cc1C)c1ccc(C(C)(C)C)cc1. The van der Waals surface area contributed by atoms with Crippen LogP contribution in [0.2, 0.25) is 0 Å². The highest BCUT2D eigenvalue weighted by Gasteiger charge is 2.23. The van der Waals surface area contributed by atoms with Gasteiger partial charge in [-0.05, 0) is 55.0 Å². The zero-order valence-electron chi connectivity index (χ0n) is 20.7. The third-order valence-corrected chi connectivity index (χ3v) is 7.01. The van der Waals surface area contributed by atoms with Crippen LogP contribution in [0.5, 0.6) is 0 Å². The maximum Gasteiger partial charge on any atom is 0.270 e. The van der Waals surface area contributed by atoms with E-state index in [4.69, 9.17) is 0 Å². The van der Waals surface area contributed by atoms with Crippen molar-refractivity contribution in [1.82, 2.24) is 0 Å². The van der Waals surface area contributed by atoms with Crippen LogP contribution in [-0.2, 0) is 15.4 Å². The molecule has 3 rings (SSSR count). The first-order chi connectivity index (χ1) is 16.3. The van der Waals surface area contributed by atoms with Crippen molar-refractivity contribution < 1.29 is 13.3 Å². The lowest BCUT2D eigenvalue weighted by Crippen LogP contribution is -2.16. The number of anilines is 2. The van der Waals surface area contributed by atoms with Gasteiger partial charge in [0, 0.05) is 12.1 Å². The molecule has 0 amide bonds. The van der Waals surface area contributed by atoms with Crippen LogP contribution < -0.4 is 10.1 Å². The van der Waals surface area contributed by atoms with Crippen molar-refractivity contribution in [2.75, 3.05) is 10.1 Å². The molecule has 0 unspecified atom stereocenters. The number of hydrogen-bond donors (Lipinski definition) is 2. The molecule has 0 radical (unpaired) electrons. The Kier molecular flexibility index (Phi) is 7.30. The summed E-state index contributed by atoms with van der Waals surface area (Å²) in [4.78, 5) is 10.4. The minimum absolute atomic E-state index is 0.0205. The average molecular weight is 495 g/mol. The quantitative estimate of drug-likeness (QED) is 0.232. The number of nitrogens with one attached hydrogen (secondary N) is 2. The van der Waals surface area contributed by atoms with E-state index in [1.165, 1.54) is 17.7 Å². The second-order valence-corrected chi connectivity index (χ2v) is 11.1. The number of non-ortho nitro benzene ring substituents is 1. The van der Waals surface area contributed by atoms with Gasteiger partial charge in [-0.25, -0.2) is 8.42 Å². The number of nitrogens with zero attached hydrogens (tertiary/aromatic N) is 2. The largest absolute Gasteiger partial charge is 0.279 e. The Morgan fingerprint density at radius 3 is 2.14 bits per heavy atom. The minimum Gasteiger partial charge on any atom is -0.279 e. The second-order valence-electron chi connectivity index (χ2n) is 9.50. The molecule has 0 fully saturated rings. The molecule has 0 aliphatic heterocycles. The first-order valence-corrected chi connectivity index (χ1v) is 12.6. The Morgan fingerprint density at radius 1 is 0.943 bits per heavy atom. The van der Waals surface area contributed by atoms with E-state index in [0.717, 1.165) is 22.8 Å². The molecule has 2 N–H and O–H groups in total. The maximum atomic E-state index is 13.3. The molecule has 0 bridgehead atoms. The molecule has 0 aliphatic rings. The summed E-state index contributed by atoms with van der Waals surface area (Å²) in [7, 11) is -4.16. The van der Waals surface area contributed by atoms with E-state index in [2.05, 4.69) is 36.0 Å². The summed E-state index contributed by atoms with van der Waals surface area (Å²) in [5.74, 6) is 0. The van der Waals surface area contributed by atoms with Crippen LogP contribution in [-0.4, -0.2) is 19.1 Å². The predicted molar refractivity (Wildman–Crippen MR) is 141 cm³/mol. The number of hydrogen-bond acceptors (Lipinski definition) is 6. The van der Waals surface area contributed by atoms with Gasteiger partial charge >= 0.3 is 0 Å². The van der Waals surface area contributed by atoms with Gasteiger partial charge in [0.25, 0.3) is 15.7 Å². The Morgan fingerprint density at radius 2 is 1.57 bits per heavy atom. The summed E-state index contributed by atoms with van der Waals surface area (Å²) in [6, 6.07) is 16.9. The predicted octanol–water partition coefficient (Wildman–Crippen LogP) is 6.15. The second kappa shape index (κ2) is 9.87. The summed E-state index contributed by atoms with van der Waals surface area (Å²) >= 11 is 0. The van der Waals surface area contributed by atoms with Crippen molar-refractivity contribution in [2.45, 2.75) is 51.9 Å². The van der Waals surface area contributed by atoms with E-state index in [1.807, 2.05) is 37.3 Å². The van der Waals surface area contributed by atoms with E-state index in [1.54, 1.807) is 26.0 Å². The topological polar surface area (TPSA) is 114 Å². The van der Waals surface area contributed by atoms with E-state index in [9.17, 15) is 18.5 Å². The highest BCUT2D eigenvalue weighted by atomic mass is 32.2. The van der Waals surface area contributed by atoms with Crippen LogP contribution in [0.3, 0.4) is 0 Å². The lowest BCUT2D eigenvalue weighted by molar-refractivity contribution is -0.385. The first kappa shape index (κ1) is 25.9. The molecule has 0 aliphatic carbocycles. The molecule has 3 aromatic carbocycles. The summed E-state index contributed by atoms with van der Waals surface area (Å²) in [5, 5.41) is 15.7. The van der Waals surface area contributed by atoms with Crippen molar-refractivity contribution in [3.05, 3.63) is 93.0 Å². The zero-order valence-corrected chi connectivity index (χ0v) is 21.5. The van der Waals surface area contributed by atoms with Gasteiger partial charge in [0.2, 0.25) is 0 Å². The number of nitro groups is 1. The van der Waals surface area contributed by atoms with Crippen LogP contribution in [0.1, 0.15) is 49.9 Å².